The van der Waals surface area contributed by atoms with Crippen molar-refractivity contribution in [2.24, 2.45) is 5.10 Å². The standard InChI is InChI=1S/C15H16N2O3/c1-9-8-10(2)20-14(9)11(3)16-17-15(19)12-6-4-5-7-13(12)18/h4-8,18H,1-3H3,(H,17,19)/b16-11-. The maximum absolute atomic E-state index is 11.9. The van der Waals surface area contributed by atoms with Crippen LogP contribution < -0.4 is 5.43 Å². The van der Waals surface area contributed by atoms with E-state index in [0.29, 0.717) is 11.5 Å². The fourth-order valence-electron chi connectivity index (χ4n) is 1.91. The predicted octanol–water partition coefficient (Wildman–Crippen LogP) is 2.76. The lowest BCUT2D eigenvalue weighted by atomic mass is 10.2. The van der Waals surface area contributed by atoms with Crippen LogP contribution in [-0.4, -0.2) is 16.7 Å². The minimum Gasteiger partial charge on any atom is -0.507 e. The SMILES string of the molecule is C/C(=N/NC(=O)c1ccccc1O)c1oc(C)cc1C. The van der Waals surface area contributed by atoms with Crippen LogP contribution in [-0.2, 0) is 0 Å². The Morgan fingerprint density at radius 3 is 2.60 bits per heavy atom. The summed E-state index contributed by atoms with van der Waals surface area (Å²) < 4.78 is 5.51. The number of hydrogen-bond acceptors (Lipinski definition) is 4. The van der Waals surface area contributed by atoms with E-state index in [0.717, 1.165) is 11.3 Å². The summed E-state index contributed by atoms with van der Waals surface area (Å²) in [5.41, 5.74) is 4.11. The van der Waals surface area contributed by atoms with Gasteiger partial charge in [0.05, 0.1) is 5.56 Å². The Hall–Kier alpha value is -2.56. The number of phenols is 1. The fraction of sp³-hybridized carbons (Fsp3) is 0.200. The fourth-order valence-corrected chi connectivity index (χ4v) is 1.91. The molecule has 0 saturated carbocycles. The smallest absolute Gasteiger partial charge is 0.275 e. The zero-order chi connectivity index (χ0) is 14.7. The van der Waals surface area contributed by atoms with Crippen molar-refractivity contribution in [1.82, 2.24) is 5.43 Å². The first-order valence-corrected chi connectivity index (χ1v) is 6.19. The van der Waals surface area contributed by atoms with Gasteiger partial charge >= 0.3 is 0 Å². The molecule has 0 unspecified atom stereocenters. The first-order valence-electron chi connectivity index (χ1n) is 6.19. The molecule has 5 nitrogen and oxygen atoms in total. The van der Waals surface area contributed by atoms with Crippen LogP contribution in [0.15, 0.2) is 39.9 Å². The largest absolute Gasteiger partial charge is 0.507 e. The van der Waals surface area contributed by atoms with Crippen molar-refractivity contribution in [2.45, 2.75) is 20.8 Å². The molecule has 0 spiro atoms. The van der Waals surface area contributed by atoms with Gasteiger partial charge in [0.2, 0.25) is 0 Å². The molecule has 0 aliphatic rings. The molecule has 0 aliphatic carbocycles. The molecule has 2 N–H and O–H groups in total. The number of nitrogens with one attached hydrogen (secondary N) is 1. The number of carbonyl (C=O) groups excluding carboxylic acids is 1. The molecule has 0 radical (unpaired) electrons. The second-order valence-corrected chi connectivity index (χ2v) is 4.52. The van der Waals surface area contributed by atoms with E-state index in [1.165, 1.54) is 12.1 Å². The van der Waals surface area contributed by atoms with Crippen LogP contribution in [0.5, 0.6) is 5.75 Å². The average Bonchev–Trinajstić information content (AvgIpc) is 2.75. The maximum Gasteiger partial charge on any atom is 0.275 e. The zero-order valence-electron chi connectivity index (χ0n) is 11.6. The quantitative estimate of drug-likeness (QED) is 0.666. The summed E-state index contributed by atoms with van der Waals surface area (Å²) >= 11 is 0. The number of carbonyl (C=O) groups is 1. The molecule has 2 aromatic rings. The van der Waals surface area contributed by atoms with Crippen LogP contribution in [0.1, 0.15) is 34.4 Å². The highest BCUT2D eigenvalue weighted by Gasteiger charge is 2.11. The molecule has 0 aliphatic heterocycles. The normalized spacial score (nSPS) is 11.4. The molecular formula is C15H16N2O3. The van der Waals surface area contributed by atoms with Gasteiger partial charge in [-0.15, -0.1) is 0 Å². The summed E-state index contributed by atoms with van der Waals surface area (Å²) in [6.07, 6.45) is 0. The van der Waals surface area contributed by atoms with Crippen molar-refractivity contribution in [3.63, 3.8) is 0 Å². The van der Waals surface area contributed by atoms with Crippen molar-refractivity contribution in [1.29, 1.82) is 0 Å². The number of para-hydroxylation sites is 1. The molecule has 0 atom stereocenters. The number of amides is 1. The lowest BCUT2D eigenvalue weighted by Gasteiger charge is -2.03. The van der Waals surface area contributed by atoms with E-state index < -0.39 is 5.91 Å². The lowest BCUT2D eigenvalue weighted by molar-refractivity contribution is 0.0952. The van der Waals surface area contributed by atoms with Crippen LogP contribution in [0.3, 0.4) is 0 Å². The number of benzene rings is 1. The Labute approximate surface area is 116 Å². The second-order valence-electron chi connectivity index (χ2n) is 4.52. The summed E-state index contributed by atoms with van der Waals surface area (Å²) in [5, 5.41) is 13.6. The molecule has 20 heavy (non-hydrogen) atoms. The van der Waals surface area contributed by atoms with Gasteiger partial charge in [-0.05, 0) is 44.5 Å². The lowest BCUT2D eigenvalue weighted by Crippen LogP contribution is -2.19. The van der Waals surface area contributed by atoms with Gasteiger partial charge in [0.1, 0.15) is 17.2 Å². The summed E-state index contributed by atoms with van der Waals surface area (Å²) in [6.45, 7) is 5.51. The molecular weight excluding hydrogens is 256 g/mol. The third-order valence-corrected chi connectivity index (χ3v) is 2.84. The van der Waals surface area contributed by atoms with Crippen LogP contribution in [0, 0.1) is 13.8 Å². The molecule has 0 fully saturated rings. The summed E-state index contributed by atoms with van der Waals surface area (Å²) in [4.78, 5) is 11.9. The first-order chi connectivity index (χ1) is 9.49. The van der Waals surface area contributed by atoms with Gasteiger partial charge < -0.3 is 9.52 Å². The van der Waals surface area contributed by atoms with Gasteiger partial charge in [-0.2, -0.15) is 5.10 Å². The first kappa shape index (κ1) is 13.9. The zero-order valence-corrected chi connectivity index (χ0v) is 11.6. The number of aryl methyl sites for hydroxylation is 2. The van der Waals surface area contributed by atoms with E-state index in [4.69, 9.17) is 4.42 Å². The van der Waals surface area contributed by atoms with Gasteiger partial charge in [0, 0.05) is 0 Å². The van der Waals surface area contributed by atoms with E-state index in [9.17, 15) is 9.90 Å². The average molecular weight is 272 g/mol. The van der Waals surface area contributed by atoms with Crippen LogP contribution in [0.2, 0.25) is 0 Å². The molecule has 1 heterocycles. The number of phenolic OH excluding ortho intramolecular Hbond substituents is 1. The number of rotatable bonds is 3. The van der Waals surface area contributed by atoms with E-state index >= 15 is 0 Å². The minimum absolute atomic E-state index is 0.0807. The summed E-state index contributed by atoms with van der Waals surface area (Å²) in [7, 11) is 0. The van der Waals surface area contributed by atoms with E-state index in [1.807, 2.05) is 19.9 Å². The van der Waals surface area contributed by atoms with E-state index in [-0.39, 0.29) is 11.3 Å². The van der Waals surface area contributed by atoms with Crippen molar-refractivity contribution >= 4 is 11.6 Å². The highest BCUT2D eigenvalue weighted by atomic mass is 16.3. The van der Waals surface area contributed by atoms with Gasteiger partial charge in [0.25, 0.3) is 5.91 Å². The van der Waals surface area contributed by atoms with Crippen LogP contribution >= 0.6 is 0 Å². The van der Waals surface area contributed by atoms with Crippen LogP contribution in [0.25, 0.3) is 0 Å². The molecule has 5 heteroatoms. The Kier molecular flexibility index (Phi) is 3.89. The van der Waals surface area contributed by atoms with Crippen molar-refractivity contribution in [2.75, 3.05) is 0 Å². The molecule has 1 aromatic carbocycles. The van der Waals surface area contributed by atoms with Crippen molar-refractivity contribution in [3.05, 3.63) is 53.0 Å². The summed E-state index contributed by atoms with van der Waals surface area (Å²) in [6, 6.07) is 8.20. The Balaban J connectivity index is 2.15. The summed E-state index contributed by atoms with van der Waals surface area (Å²) in [5.74, 6) is 0.880. The number of aromatic hydroxyl groups is 1. The highest BCUT2D eigenvalue weighted by molar-refractivity contribution is 6.00. The monoisotopic (exact) mass is 272 g/mol. The van der Waals surface area contributed by atoms with Crippen molar-refractivity contribution in [3.8, 4) is 5.75 Å². The third-order valence-electron chi connectivity index (χ3n) is 2.84. The number of nitrogens with zero attached hydrogens (tertiary/aromatic N) is 1. The van der Waals surface area contributed by atoms with Gasteiger partial charge in [-0.1, -0.05) is 12.1 Å². The number of hydrogen-bond donors (Lipinski definition) is 2. The molecule has 1 amide bonds. The second kappa shape index (κ2) is 5.61. The number of hydrazone groups is 1. The minimum atomic E-state index is -0.469. The molecule has 104 valence electrons. The van der Waals surface area contributed by atoms with Crippen molar-refractivity contribution < 1.29 is 14.3 Å². The van der Waals surface area contributed by atoms with Gasteiger partial charge in [0.15, 0.2) is 5.76 Å². The van der Waals surface area contributed by atoms with Gasteiger partial charge in [-0.3, -0.25) is 4.79 Å². The molecule has 1 aromatic heterocycles. The molecule has 0 saturated heterocycles. The maximum atomic E-state index is 11.9. The highest BCUT2D eigenvalue weighted by Crippen LogP contribution is 2.16. The van der Waals surface area contributed by atoms with E-state index in [1.54, 1.807) is 19.1 Å². The predicted molar refractivity (Wildman–Crippen MR) is 76.0 cm³/mol. The molecule has 2 rings (SSSR count). The Bertz CT molecular complexity index is 672. The Morgan fingerprint density at radius 2 is 2.00 bits per heavy atom. The van der Waals surface area contributed by atoms with Gasteiger partial charge in [-0.25, -0.2) is 5.43 Å². The Morgan fingerprint density at radius 1 is 1.30 bits per heavy atom. The van der Waals surface area contributed by atoms with Crippen LogP contribution in [0.4, 0.5) is 0 Å². The topological polar surface area (TPSA) is 74.8 Å². The number of furan rings is 1. The third kappa shape index (κ3) is 2.88. The van der Waals surface area contributed by atoms with E-state index in [2.05, 4.69) is 10.5 Å². The molecule has 0 bridgehead atoms.